The van der Waals surface area contributed by atoms with E-state index in [0.29, 0.717) is 28.6 Å². The van der Waals surface area contributed by atoms with Crippen molar-refractivity contribution in [1.82, 2.24) is 9.78 Å². The number of nitrogens with zero attached hydrogens (tertiary/aromatic N) is 2. The summed E-state index contributed by atoms with van der Waals surface area (Å²) >= 11 is 6.33. The van der Waals surface area contributed by atoms with Crippen LogP contribution in [0.4, 0.5) is 5.69 Å². The van der Waals surface area contributed by atoms with Gasteiger partial charge in [-0.3, -0.25) is 9.48 Å². The minimum absolute atomic E-state index is 0.228. The average molecular weight is 504 g/mol. The largest absolute Gasteiger partial charge is 0.496 e. The third-order valence-corrected chi connectivity index (χ3v) is 6.54. The first-order chi connectivity index (χ1) is 17.3. The molecule has 1 heterocycles. The Kier molecular flexibility index (Phi) is 7.65. The predicted molar refractivity (Wildman–Crippen MR) is 143 cm³/mol. The quantitative estimate of drug-likeness (QED) is 0.292. The van der Waals surface area contributed by atoms with Gasteiger partial charge in [0.2, 0.25) is 0 Å². The second-order valence-electron chi connectivity index (χ2n) is 8.83. The van der Waals surface area contributed by atoms with Crippen molar-refractivity contribution in [2.24, 2.45) is 0 Å². The van der Waals surface area contributed by atoms with Gasteiger partial charge in [0.25, 0.3) is 5.91 Å². The van der Waals surface area contributed by atoms with Gasteiger partial charge in [0.1, 0.15) is 18.1 Å². The van der Waals surface area contributed by atoms with Crippen molar-refractivity contribution in [3.05, 3.63) is 105 Å². The van der Waals surface area contributed by atoms with Crippen LogP contribution < -0.4 is 14.8 Å². The molecular formula is C29H30ClN3O3. The van der Waals surface area contributed by atoms with Crippen LogP contribution in [0.2, 0.25) is 5.02 Å². The number of anilines is 1. The number of aryl methyl sites for hydroxylation is 3. The number of hydrogen-bond donors (Lipinski definition) is 1. The number of amides is 1. The van der Waals surface area contributed by atoms with E-state index in [1.54, 1.807) is 25.3 Å². The molecule has 1 aromatic heterocycles. The van der Waals surface area contributed by atoms with Crippen LogP contribution in [0, 0.1) is 27.7 Å². The summed E-state index contributed by atoms with van der Waals surface area (Å²) in [5, 5.41) is 8.34. The number of nitrogens with one attached hydrogen (secondary N) is 1. The molecular weight excluding hydrogens is 474 g/mol. The van der Waals surface area contributed by atoms with Crippen molar-refractivity contribution in [2.75, 3.05) is 12.4 Å². The fraction of sp³-hybridized carbons (Fsp3) is 0.241. The molecule has 0 bridgehead atoms. The highest BCUT2D eigenvalue weighted by Gasteiger charge is 2.17. The molecule has 3 aromatic carbocycles. The first-order valence-corrected chi connectivity index (χ1v) is 12.1. The van der Waals surface area contributed by atoms with Gasteiger partial charge in [0.15, 0.2) is 0 Å². The molecule has 36 heavy (non-hydrogen) atoms. The molecule has 6 nitrogen and oxygen atoms in total. The zero-order valence-electron chi connectivity index (χ0n) is 21.2. The molecule has 0 aliphatic heterocycles. The summed E-state index contributed by atoms with van der Waals surface area (Å²) in [6.45, 7) is 8.64. The monoisotopic (exact) mass is 503 g/mol. The molecule has 0 saturated carbocycles. The standard InChI is InChI=1S/C29H30ClN3O3/c1-18-10-11-19(2)27(14-18)36-17-24-15-22(12-13-26(24)35-5)29(34)31-28-20(3)32-33(21(28)4)16-23-8-6-7-9-25(23)30/h6-15H,16-17H2,1-5H3,(H,31,34). The number of methoxy groups -OCH3 is 1. The Morgan fingerprint density at radius 3 is 2.50 bits per heavy atom. The number of halogens is 1. The number of ether oxygens (including phenoxy) is 2. The summed E-state index contributed by atoms with van der Waals surface area (Å²) in [4.78, 5) is 13.2. The number of carbonyl (C=O) groups is 1. The number of hydrogen-bond acceptors (Lipinski definition) is 4. The van der Waals surface area contributed by atoms with Gasteiger partial charge in [-0.05, 0) is 74.7 Å². The van der Waals surface area contributed by atoms with Crippen LogP contribution in [0.5, 0.6) is 11.5 Å². The number of rotatable bonds is 8. The molecule has 0 aliphatic carbocycles. The Balaban J connectivity index is 1.53. The van der Waals surface area contributed by atoms with Crippen LogP contribution >= 0.6 is 11.6 Å². The third kappa shape index (κ3) is 5.55. The van der Waals surface area contributed by atoms with Crippen molar-refractivity contribution in [2.45, 2.75) is 40.8 Å². The molecule has 7 heteroatoms. The van der Waals surface area contributed by atoms with Crippen LogP contribution in [0.15, 0.2) is 60.7 Å². The number of benzene rings is 3. The van der Waals surface area contributed by atoms with Crippen LogP contribution in [0.25, 0.3) is 0 Å². The van der Waals surface area contributed by atoms with E-state index in [1.807, 2.05) is 74.8 Å². The number of carbonyl (C=O) groups excluding carboxylic acids is 1. The highest BCUT2D eigenvalue weighted by atomic mass is 35.5. The minimum Gasteiger partial charge on any atom is -0.496 e. The smallest absolute Gasteiger partial charge is 0.255 e. The van der Waals surface area contributed by atoms with E-state index in [1.165, 1.54) is 0 Å². The molecule has 0 saturated heterocycles. The van der Waals surface area contributed by atoms with Gasteiger partial charge in [-0.15, -0.1) is 0 Å². The lowest BCUT2D eigenvalue weighted by Crippen LogP contribution is -2.14. The van der Waals surface area contributed by atoms with Gasteiger partial charge in [-0.1, -0.05) is 41.9 Å². The second kappa shape index (κ2) is 10.9. The molecule has 1 amide bonds. The minimum atomic E-state index is -0.228. The lowest BCUT2D eigenvalue weighted by atomic mass is 10.1. The molecule has 0 fully saturated rings. The van der Waals surface area contributed by atoms with E-state index < -0.39 is 0 Å². The van der Waals surface area contributed by atoms with Gasteiger partial charge in [-0.25, -0.2) is 0 Å². The molecule has 0 unspecified atom stereocenters. The van der Waals surface area contributed by atoms with Crippen molar-refractivity contribution in [3.8, 4) is 11.5 Å². The Bertz CT molecular complexity index is 1410. The first-order valence-electron chi connectivity index (χ1n) is 11.7. The van der Waals surface area contributed by atoms with Crippen molar-refractivity contribution in [3.63, 3.8) is 0 Å². The zero-order valence-corrected chi connectivity index (χ0v) is 21.9. The molecule has 0 aliphatic rings. The van der Waals surface area contributed by atoms with E-state index in [0.717, 1.165) is 39.4 Å². The maximum Gasteiger partial charge on any atom is 0.255 e. The number of aromatic nitrogens is 2. The van der Waals surface area contributed by atoms with E-state index in [4.69, 9.17) is 21.1 Å². The van der Waals surface area contributed by atoms with E-state index in [-0.39, 0.29) is 12.5 Å². The summed E-state index contributed by atoms with van der Waals surface area (Å²) < 4.78 is 13.4. The molecule has 1 N–H and O–H groups in total. The van der Waals surface area contributed by atoms with Gasteiger partial charge in [0.05, 0.1) is 30.7 Å². The summed E-state index contributed by atoms with van der Waals surface area (Å²) in [5.41, 5.74) is 6.71. The molecule has 4 aromatic rings. The van der Waals surface area contributed by atoms with Crippen LogP contribution in [-0.2, 0) is 13.2 Å². The summed E-state index contributed by atoms with van der Waals surface area (Å²) in [6.07, 6.45) is 0. The third-order valence-electron chi connectivity index (χ3n) is 6.17. The van der Waals surface area contributed by atoms with Crippen LogP contribution in [0.3, 0.4) is 0 Å². The average Bonchev–Trinajstić information content (AvgIpc) is 3.13. The fourth-order valence-electron chi connectivity index (χ4n) is 4.06. The first kappa shape index (κ1) is 25.3. The molecule has 4 rings (SSSR count). The lowest BCUT2D eigenvalue weighted by Gasteiger charge is -2.14. The normalized spacial score (nSPS) is 10.8. The van der Waals surface area contributed by atoms with Crippen LogP contribution in [0.1, 0.15) is 44.0 Å². The summed E-state index contributed by atoms with van der Waals surface area (Å²) in [6, 6.07) is 19.1. The fourth-order valence-corrected chi connectivity index (χ4v) is 4.25. The molecule has 0 spiro atoms. The Morgan fingerprint density at radius 1 is 0.972 bits per heavy atom. The highest BCUT2D eigenvalue weighted by molar-refractivity contribution is 6.31. The van der Waals surface area contributed by atoms with Gasteiger partial charge in [0, 0.05) is 16.1 Å². The second-order valence-corrected chi connectivity index (χ2v) is 9.24. The van der Waals surface area contributed by atoms with Crippen molar-refractivity contribution < 1.29 is 14.3 Å². The Hall–Kier alpha value is -3.77. The van der Waals surface area contributed by atoms with E-state index in [9.17, 15) is 4.79 Å². The highest BCUT2D eigenvalue weighted by Crippen LogP contribution is 2.27. The van der Waals surface area contributed by atoms with Crippen molar-refractivity contribution in [1.29, 1.82) is 0 Å². The van der Waals surface area contributed by atoms with E-state index in [2.05, 4.69) is 10.4 Å². The summed E-state index contributed by atoms with van der Waals surface area (Å²) in [5.74, 6) is 1.25. The SMILES string of the molecule is COc1ccc(C(=O)Nc2c(C)nn(Cc3ccccc3Cl)c2C)cc1COc1cc(C)ccc1C. The van der Waals surface area contributed by atoms with Gasteiger partial charge in [-0.2, -0.15) is 5.10 Å². The molecule has 186 valence electrons. The lowest BCUT2D eigenvalue weighted by molar-refractivity contribution is 0.102. The van der Waals surface area contributed by atoms with Gasteiger partial charge >= 0.3 is 0 Å². The Morgan fingerprint density at radius 2 is 1.75 bits per heavy atom. The predicted octanol–water partition coefficient (Wildman–Crippen LogP) is 6.66. The maximum absolute atomic E-state index is 13.2. The van der Waals surface area contributed by atoms with Gasteiger partial charge < -0.3 is 14.8 Å². The molecule has 0 atom stereocenters. The van der Waals surface area contributed by atoms with Crippen molar-refractivity contribution >= 4 is 23.2 Å². The summed E-state index contributed by atoms with van der Waals surface area (Å²) in [7, 11) is 1.61. The van der Waals surface area contributed by atoms with E-state index >= 15 is 0 Å². The molecule has 0 radical (unpaired) electrons. The Labute approximate surface area is 216 Å². The topological polar surface area (TPSA) is 65.4 Å². The maximum atomic E-state index is 13.2. The zero-order chi connectivity index (χ0) is 25.8. The van der Waals surface area contributed by atoms with Crippen LogP contribution in [-0.4, -0.2) is 22.8 Å².